The highest BCUT2D eigenvalue weighted by molar-refractivity contribution is 7.99. The van der Waals surface area contributed by atoms with Crippen LogP contribution in [0.15, 0.2) is 35.4 Å². The first kappa shape index (κ1) is 13.4. The van der Waals surface area contributed by atoms with Crippen molar-refractivity contribution in [3.05, 3.63) is 35.9 Å². The van der Waals surface area contributed by atoms with Crippen LogP contribution in [-0.2, 0) is 0 Å². The van der Waals surface area contributed by atoms with E-state index in [1.807, 2.05) is 24.3 Å². The predicted octanol–water partition coefficient (Wildman–Crippen LogP) is 4.36. The third kappa shape index (κ3) is 2.80. The van der Waals surface area contributed by atoms with E-state index in [9.17, 15) is 9.90 Å². The van der Waals surface area contributed by atoms with Gasteiger partial charge in [-0.25, -0.2) is 9.78 Å². The summed E-state index contributed by atoms with van der Waals surface area (Å²) < 4.78 is 0. The van der Waals surface area contributed by atoms with Gasteiger partial charge in [-0.3, -0.25) is 0 Å². The summed E-state index contributed by atoms with van der Waals surface area (Å²) >= 11 is 1.74. The number of para-hydroxylation sites is 1. The summed E-state index contributed by atoms with van der Waals surface area (Å²) in [5.74, 6) is -0.880. The molecule has 1 aliphatic carbocycles. The Morgan fingerprint density at radius 1 is 1.20 bits per heavy atom. The van der Waals surface area contributed by atoms with Crippen molar-refractivity contribution in [1.82, 2.24) is 4.98 Å². The highest BCUT2D eigenvalue weighted by atomic mass is 32.2. The van der Waals surface area contributed by atoms with Crippen LogP contribution in [0.4, 0.5) is 0 Å². The second-order valence-corrected chi connectivity index (χ2v) is 6.53. The van der Waals surface area contributed by atoms with Crippen LogP contribution in [-0.4, -0.2) is 21.3 Å². The van der Waals surface area contributed by atoms with E-state index in [4.69, 9.17) is 0 Å². The van der Waals surface area contributed by atoms with Crippen molar-refractivity contribution >= 4 is 28.6 Å². The monoisotopic (exact) mass is 287 g/mol. The molecule has 1 aromatic heterocycles. The molecule has 1 N–H and O–H groups in total. The molecule has 0 saturated heterocycles. The van der Waals surface area contributed by atoms with Crippen molar-refractivity contribution in [3.63, 3.8) is 0 Å². The van der Waals surface area contributed by atoms with E-state index in [1.54, 1.807) is 17.8 Å². The molecule has 3 rings (SSSR count). The average molecular weight is 287 g/mol. The molecule has 0 amide bonds. The standard InChI is InChI=1S/C16H17NO2S/c18-16(19)13-10-15(20-11-6-2-1-3-7-11)17-14-9-5-4-8-12(13)14/h4-5,8-11H,1-3,6-7H2,(H,18,19). The topological polar surface area (TPSA) is 50.2 Å². The van der Waals surface area contributed by atoms with Crippen molar-refractivity contribution in [2.24, 2.45) is 0 Å². The minimum Gasteiger partial charge on any atom is -0.478 e. The number of thioether (sulfide) groups is 1. The lowest BCUT2D eigenvalue weighted by Gasteiger charge is -2.20. The molecular weight excluding hydrogens is 270 g/mol. The first-order valence-corrected chi connectivity index (χ1v) is 7.92. The van der Waals surface area contributed by atoms with Gasteiger partial charge in [0.05, 0.1) is 16.1 Å². The van der Waals surface area contributed by atoms with Crippen molar-refractivity contribution in [3.8, 4) is 0 Å². The Kier molecular flexibility index (Phi) is 3.92. The van der Waals surface area contributed by atoms with E-state index < -0.39 is 5.97 Å². The third-order valence-electron chi connectivity index (χ3n) is 3.76. The van der Waals surface area contributed by atoms with Gasteiger partial charge in [0, 0.05) is 10.6 Å². The SMILES string of the molecule is O=C(O)c1cc(SC2CCCCC2)nc2ccccc12. The molecule has 104 valence electrons. The average Bonchev–Trinajstić information content (AvgIpc) is 2.47. The fourth-order valence-corrected chi connectivity index (χ4v) is 3.99. The number of rotatable bonds is 3. The fraction of sp³-hybridized carbons (Fsp3) is 0.375. The van der Waals surface area contributed by atoms with Crippen LogP contribution in [0, 0.1) is 0 Å². The van der Waals surface area contributed by atoms with Gasteiger partial charge in [-0.1, -0.05) is 37.5 Å². The normalized spacial score (nSPS) is 16.4. The zero-order chi connectivity index (χ0) is 13.9. The fourth-order valence-electron chi connectivity index (χ4n) is 2.74. The summed E-state index contributed by atoms with van der Waals surface area (Å²) in [6.07, 6.45) is 6.29. The highest BCUT2D eigenvalue weighted by Gasteiger charge is 2.17. The Labute approximate surface area is 122 Å². The van der Waals surface area contributed by atoms with Gasteiger partial charge in [-0.05, 0) is 25.0 Å². The number of aromatic carboxylic acids is 1. The van der Waals surface area contributed by atoms with Gasteiger partial charge in [-0.15, -0.1) is 11.8 Å². The number of carbonyl (C=O) groups is 1. The first-order valence-electron chi connectivity index (χ1n) is 7.04. The van der Waals surface area contributed by atoms with E-state index in [2.05, 4.69) is 4.98 Å². The smallest absolute Gasteiger partial charge is 0.336 e. The summed E-state index contributed by atoms with van der Waals surface area (Å²) in [7, 11) is 0. The summed E-state index contributed by atoms with van der Waals surface area (Å²) in [5.41, 5.74) is 1.12. The lowest BCUT2D eigenvalue weighted by Crippen LogP contribution is -2.08. The summed E-state index contributed by atoms with van der Waals surface area (Å²) in [5, 5.41) is 11.5. The van der Waals surface area contributed by atoms with Crippen LogP contribution in [0.5, 0.6) is 0 Å². The lowest BCUT2D eigenvalue weighted by molar-refractivity contribution is 0.0698. The van der Waals surface area contributed by atoms with Crippen molar-refractivity contribution < 1.29 is 9.90 Å². The number of aromatic nitrogens is 1. The molecule has 4 heteroatoms. The molecule has 0 spiro atoms. The molecule has 0 aliphatic heterocycles. The summed E-state index contributed by atoms with van der Waals surface area (Å²) in [4.78, 5) is 16.0. The van der Waals surface area contributed by atoms with Crippen molar-refractivity contribution in [2.75, 3.05) is 0 Å². The Bertz CT molecular complexity index is 635. The number of nitrogens with zero attached hydrogens (tertiary/aromatic N) is 1. The van der Waals surface area contributed by atoms with Crippen LogP contribution in [0.2, 0.25) is 0 Å². The van der Waals surface area contributed by atoms with Gasteiger partial charge >= 0.3 is 5.97 Å². The number of hydrogen-bond acceptors (Lipinski definition) is 3. The quantitative estimate of drug-likeness (QED) is 0.911. The van der Waals surface area contributed by atoms with Gasteiger partial charge in [0.1, 0.15) is 0 Å². The zero-order valence-electron chi connectivity index (χ0n) is 11.2. The van der Waals surface area contributed by atoms with E-state index in [0.717, 1.165) is 10.5 Å². The summed E-state index contributed by atoms with van der Waals surface area (Å²) in [6, 6.07) is 9.18. The van der Waals surface area contributed by atoms with Crippen LogP contribution >= 0.6 is 11.8 Å². The van der Waals surface area contributed by atoms with E-state index in [0.29, 0.717) is 16.2 Å². The maximum absolute atomic E-state index is 11.4. The molecule has 1 heterocycles. The maximum atomic E-state index is 11.4. The number of benzene rings is 1. The Hall–Kier alpha value is -1.55. The van der Waals surface area contributed by atoms with Crippen LogP contribution in [0.1, 0.15) is 42.5 Å². The molecule has 0 bridgehead atoms. The number of hydrogen-bond donors (Lipinski definition) is 1. The Morgan fingerprint density at radius 2 is 1.95 bits per heavy atom. The largest absolute Gasteiger partial charge is 0.478 e. The minimum atomic E-state index is -0.880. The van der Waals surface area contributed by atoms with Gasteiger partial charge in [0.2, 0.25) is 0 Å². The molecule has 1 fully saturated rings. The van der Waals surface area contributed by atoms with Crippen molar-refractivity contribution in [1.29, 1.82) is 0 Å². The van der Waals surface area contributed by atoms with E-state index in [1.165, 1.54) is 32.1 Å². The molecule has 1 aliphatic rings. The van der Waals surface area contributed by atoms with Crippen LogP contribution in [0.25, 0.3) is 10.9 Å². The molecule has 1 aromatic carbocycles. The van der Waals surface area contributed by atoms with Gasteiger partial charge in [0.15, 0.2) is 0 Å². The summed E-state index contributed by atoms with van der Waals surface area (Å²) in [6.45, 7) is 0. The predicted molar refractivity (Wildman–Crippen MR) is 81.4 cm³/mol. The van der Waals surface area contributed by atoms with E-state index in [-0.39, 0.29) is 0 Å². The van der Waals surface area contributed by atoms with E-state index >= 15 is 0 Å². The minimum absolute atomic E-state index is 0.355. The zero-order valence-corrected chi connectivity index (χ0v) is 12.0. The molecule has 0 unspecified atom stereocenters. The highest BCUT2D eigenvalue weighted by Crippen LogP contribution is 2.34. The first-order chi connectivity index (χ1) is 9.74. The van der Waals surface area contributed by atoms with Gasteiger partial charge in [0.25, 0.3) is 0 Å². The molecule has 20 heavy (non-hydrogen) atoms. The maximum Gasteiger partial charge on any atom is 0.336 e. The number of carboxylic acid groups (broad SMARTS) is 1. The Balaban J connectivity index is 1.96. The molecule has 0 radical (unpaired) electrons. The third-order valence-corrected chi connectivity index (χ3v) is 5.02. The van der Waals surface area contributed by atoms with Gasteiger partial charge in [-0.2, -0.15) is 0 Å². The Morgan fingerprint density at radius 3 is 2.70 bits per heavy atom. The second kappa shape index (κ2) is 5.83. The lowest BCUT2D eigenvalue weighted by atomic mass is 10.0. The van der Waals surface area contributed by atoms with Crippen molar-refractivity contribution in [2.45, 2.75) is 42.4 Å². The number of carboxylic acids is 1. The van der Waals surface area contributed by atoms with Crippen LogP contribution in [0.3, 0.4) is 0 Å². The molecule has 3 nitrogen and oxygen atoms in total. The molecule has 0 atom stereocenters. The van der Waals surface area contributed by atoms with Crippen LogP contribution < -0.4 is 0 Å². The van der Waals surface area contributed by atoms with Gasteiger partial charge < -0.3 is 5.11 Å². The number of fused-ring (bicyclic) bond motifs is 1. The second-order valence-electron chi connectivity index (χ2n) is 5.21. The molecule has 1 saturated carbocycles. The molecule has 2 aromatic rings. The molecular formula is C16H17NO2S. The number of pyridine rings is 1.